The number of thiazole rings is 1. The van der Waals surface area contributed by atoms with E-state index in [9.17, 15) is 9.59 Å². The Morgan fingerprint density at radius 2 is 1.88 bits per heavy atom. The molecule has 0 radical (unpaired) electrons. The summed E-state index contributed by atoms with van der Waals surface area (Å²) in [6.07, 6.45) is 1.78. The minimum atomic E-state index is -0.657. The minimum Gasteiger partial charge on any atom is -0.493 e. The first kappa shape index (κ1) is 28.9. The fourth-order valence-electron chi connectivity index (χ4n) is 4.62. The standard InChI is InChI=1S/C31H26BrClN2O5S/c1-4-39-30(37)26-18(2)34-31-35(27(26)20-10-6-5-7-11-20)29(36)25(41-31)16-19-14-22(32)28(24(15-19)38-3)40-17-21-12-8-9-13-23(21)33/h5-16,27H,4,17H2,1-3H3/b25-16-. The number of aromatic nitrogens is 1. The lowest BCUT2D eigenvalue weighted by Gasteiger charge is -2.24. The van der Waals surface area contributed by atoms with Gasteiger partial charge in [0, 0.05) is 10.6 Å². The molecule has 0 fully saturated rings. The molecule has 1 aromatic heterocycles. The normalized spacial score (nSPS) is 14.9. The van der Waals surface area contributed by atoms with Gasteiger partial charge in [0.05, 0.1) is 40.0 Å². The Morgan fingerprint density at radius 1 is 1.15 bits per heavy atom. The van der Waals surface area contributed by atoms with Gasteiger partial charge in [-0.3, -0.25) is 9.36 Å². The van der Waals surface area contributed by atoms with Crippen LogP contribution in [0.15, 0.2) is 92.3 Å². The van der Waals surface area contributed by atoms with Gasteiger partial charge in [-0.1, -0.05) is 71.5 Å². The maximum atomic E-state index is 13.9. The minimum absolute atomic E-state index is 0.219. The van der Waals surface area contributed by atoms with Crippen molar-refractivity contribution in [1.29, 1.82) is 0 Å². The number of carbonyl (C=O) groups is 1. The first-order chi connectivity index (χ1) is 19.8. The van der Waals surface area contributed by atoms with Crippen LogP contribution in [0.25, 0.3) is 6.08 Å². The summed E-state index contributed by atoms with van der Waals surface area (Å²) < 4.78 is 19.7. The van der Waals surface area contributed by atoms with E-state index in [1.54, 1.807) is 37.7 Å². The third-order valence-electron chi connectivity index (χ3n) is 6.51. The van der Waals surface area contributed by atoms with Gasteiger partial charge in [-0.2, -0.15) is 0 Å². The van der Waals surface area contributed by atoms with Gasteiger partial charge in [0.15, 0.2) is 16.3 Å². The van der Waals surface area contributed by atoms with E-state index in [1.807, 2.05) is 60.7 Å². The number of benzene rings is 3. The fourth-order valence-corrected chi connectivity index (χ4v) is 6.43. The molecule has 2 heterocycles. The summed E-state index contributed by atoms with van der Waals surface area (Å²) in [5.41, 5.74) is 2.98. The number of rotatable bonds is 8. The van der Waals surface area contributed by atoms with Gasteiger partial charge in [0.2, 0.25) is 0 Å². The van der Waals surface area contributed by atoms with Crippen molar-refractivity contribution >= 4 is 50.9 Å². The van der Waals surface area contributed by atoms with Gasteiger partial charge >= 0.3 is 5.97 Å². The summed E-state index contributed by atoms with van der Waals surface area (Å²) in [6.45, 7) is 3.99. The summed E-state index contributed by atoms with van der Waals surface area (Å²) in [4.78, 5) is 32.0. The fraction of sp³-hybridized carbons (Fsp3) is 0.194. The quantitative estimate of drug-likeness (QED) is 0.225. The Balaban J connectivity index is 1.57. The van der Waals surface area contributed by atoms with Crippen molar-refractivity contribution < 1.29 is 19.0 Å². The highest BCUT2D eigenvalue weighted by Crippen LogP contribution is 2.38. The van der Waals surface area contributed by atoms with Crippen LogP contribution in [0.1, 0.15) is 36.6 Å². The second-order valence-electron chi connectivity index (χ2n) is 9.13. The molecule has 1 unspecified atom stereocenters. The summed E-state index contributed by atoms with van der Waals surface area (Å²) in [6, 6.07) is 19.9. The summed E-state index contributed by atoms with van der Waals surface area (Å²) in [5, 5.41) is 0.616. The lowest BCUT2D eigenvalue weighted by molar-refractivity contribution is -0.139. The van der Waals surface area contributed by atoms with Crippen molar-refractivity contribution in [2.45, 2.75) is 26.5 Å². The number of esters is 1. The highest BCUT2D eigenvalue weighted by molar-refractivity contribution is 9.10. The molecule has 0 amide bonds. The largest absolute Gasteiger partial charge is 0.493 e. The molecule has 0 aliphatic carbocycles. The van der Waals surface area contributed by atoms with Crippen LogP contribution >= 0.6 is 38.9 Å². The van der Waals surface area contributed by atoms with Crippen molar-refractivity contribution in [3.8, 4) is 11.5 Å². The predicted molar refractivity (Wildman–Crippen MR) is 163 cm³/mol. The number of nitrogens with zero attached hydrogens (tertiary/aromatic N) is 2. The van der Waals surface area contributed by atoms with E-state index in [0.717, 1.165) is 16.7 Å². The Hall–Kier alpha value is -3.66. The van der Waals surface area contributed by atoms with Gasteiger partial charge in [0.1, 0.15) is 6.61 Å². The molecule has 5 rings (SSSR count). The molecule has 3 aromatic carbocycles. The molecule has 0 spiro atoms. The first-order valence-electron chi connectivity index (χ1n) is 12.8. The van der Waals surface area contributed by atoms with Crippen LogP contribution in [0.4, 0.5) is 0 Å². The van der Waals surface area contributed by atoms with E-state index < -0.39 is 12.0 Å². The van der Waals surface area contributed by atoms with Crippen LogP contribution in [-0.4, -0.2) is 24.3 Å². The lowest BCUT2D eigenvalue weighted by Crippen LogP contribution is -2.39. The molecule has 0 bridgehead atoms. The molecule has 1 aliphatic rings. The molecule has 4 aromatic rings. The molecular formula is C31H26BrClN2O5S. The van der Waals surface area contributed by atoms with Crippen molar-refractivity contribution in [2.24, 2.45) is 4.99 Å². The second kappa shape index (κ2) is 12.5. The number of ether oxygens (including phenoxy) is 3. The Kier molecular flexibility index (Phi) is 8.77. The van der Waals surface area contributed by atoms with E-state index in [4.69, 9.17) is 25.8 Å². The highest BCUT2D eigenvalue weighted by Gasteiger charge is 2.33. The van der Waals surface area contributed by atoms with E-state index >= 15 is 0 Å². The van der Waals surface area contributed by atoms with Crippen LogP contribution in [0, 0.1) is 0 Å². The summed E-state index contributed by atoms with van der Waals surface area (Å²) in [7, 11) is 1.56. The van der Waals surface area contributed by atoms with Crippen molar-refractivity contribution in [3.63, 3.8) is 0 Å². The number of methoxy groups -OCH3 is 1. The SMILES string of the molecule is CCOC(=O)C1=C(C)N=c2s/c(=C\c3cc(Br)c(OCc4ccccc4Cl)c(OC)c3)c(=O)n2C1c1ccccc1. The number of hydrogen-bond donors (Lipinski definition) is 0. The van der Waals surface area contributed by atoms with Gasteiger partial charge < -0.3 is 14.2 Å². The number of carbonyl (C=O) groups excluding carboxylic acids is 1. The van der Waals surface area contributed by atoms with Gasteiger partial charge in [-0.25, -0.2) is 9.79 Å². The van der Waals surface area contributed by atoms with Crippen LogP contribution < -0.4 is 24.4 Å². The van der Waals surface area contributed by atoms with Crippen molar-refractivity contribution in [1.82, 2.24) is 4.57 Å². The molecule has 0 saturated carbocycles. The smallest absolute Gasteiger partial charge is 0.338 e. The molecule has 210 valence electrons. The van der Waals surface area contributed by atoms with Crippen LogP contribution in [0.5, 0.6) is 11.5 Å². The van der Waals surface area contributed by atoms with Gasteiger partial charge in [-0.15, -0.1) is 0 Å². The van der Waals surface area contributed by atoms with Crippen LogP contribution in [0.2, 0.25) is 5.02 Å². The third-order valence-corrected chi connectivity index (χ3v) is 8.45. The van der Waals surface area contributed by atoms with Gasteiger partial charge in [0.25, 0.3) is 5.56 Å². The monoisotopic (exact) mass is 652 g/mol. The summed E-state index contributed by atoms with van der Waals surface area (Å²) in [5.74, 6) is 0.524. The summed E-state index contributed by atoms with van der Waals surface area (Å²) >= 11 is 11.1. The number of hydrogen-bond acceptors (Lipinski definition) is 7. The first-order valence-corrected chi connectivity index (χ1v) is 14.8. The van der Waals surface area contributed by atoms with Gasteiger partial charge in [-0.05, 0) is 65.2 Å². The zero-order valence-electron chi connectivity index (χ0n) is 22.5. The van der Waals surface area contributed by atoms with Crippen molar-refractivity contribution in [3.05, 3.63) is 124 Å². The molecule has 7 nitrogen and oxygen atoms in total. The molecular weight excluding hydrogens is 628 g/mol. The van der Waals surface area contributed by atoms with Crippen molar-refractivity contribution in [2.75, 3.05) is 13.7 Å². The molecule has 0 N–H and O–H groups in total. The third kappa shape index (κ3) is 5.88. The average Bonchev–Trinajstić information content (AvgIpc) is 3.26. The molecule has 1 atom stereocenters. The van der Waals surface area contributed by atoms with E-state index in [-0.39, 0.29) is 18.8 Å². The number of halogens is 2. The maximum Gasteiger partial charge on any atom is 0.338 e. The topological polar surface area (TPSA) is 79.1 Å². The Labute approximate surface area is 254 Å². The Morgan fingerprint density at radius 3 is 2.59 bits per heavy atom. The molecule has 41 heavy (non-hydrogen) atoms. The zero-order chi connectivity index (χ0) is 29.1. The second-order valence-corrected chi connectivity index (χ2v) is 11.4. The van der Waals surface area contributed by atoms with E-state index in [1.165, 1.54) is 11.3 Å². The van der Waals surface area contributed by atoms with E-state index in [2.05, 4.69) is 20.9 Å². The molecule has 10 heteroatoms. The predicted octanol–water partition coefficient (Wildman–Crippen LogP) is 5.80. The zero-order valence-corrected chi connectivity index (χ0v) is 25.7. The Bertz CT molecular complexity index is 1830. The lowest BCUT2D eigenvalue weighted by atomic mass is 9.96. The number of allylic oxidation sites excluding steroid dienone is 1. The van der Waals surface area contributed by atoms with E-state index in [0.29, 0.717) is 41.6 Å². The molecule has 1 aliphatic heterocycles. The maximum absolute atomic E-state index is 13.9. The average molecular weight is 654 g/mol. The number of fused-ring (bicyclic) bond motifs is 1. The highest BCUT2D eigenvalue weighted by atomic mass is 79.9. The van der Waals surface area contributed by atoms with Crippen LogP contribution in [0.3, 0.4) is 0 Å². The molecule has 0 saturated heterocycles. The van der Waals surface area contributed by atoms with Crippen LogP contribution in [-0.2, 0) is 16.1 Å².